The smallest absolute Gasteiger partial charge is 0.246 e. The van der Waals surface area contributed by atoms with E-state index >= 15 is 0 Å². The molecule has 3 rings (SSSR count). The molecule has 0 radical (unpaired) electrons. The number of benzene rings is 2. The summed E-state index contributed by atoms with van der Waals surface area (Å²) in [5.41, 5.74) is 1.52. The largest absolute Gasteiger partial charge is 0.497 e. The minimum Gasteiger partial charge on any atom is -0.497 e. The van der Waals surface area contributed by atoms with Crippen LogP contribution in [0.5, 0.6) is 11.5 Å². The van der Waals surface area contributed by atoms with Crippen molar-refractivity contribution in [1.82, 2.24) is 9.21 Å². The molecule has 1 aliphatic rings. The van der Waals surface area contributed by atoms with Gasteiger partial charge in [-0.25, -0.2) is 8.42 Å². The molecule has 160 valence electrons. The van der Waals surface area contributed by atoms with Gasteiger partial charge in [0.05, 0.1) is 20.0 Å². The van der Waals surface area contributed by atoms with Gasteiger partial charge in [-0.05, 0) is 23.8 Å². The van der Waals surface area contributed by atoms with Crippen molar-refractivity contribution in [2.75, 3.05) is 40.4 Å². The number of nitrogens with zero attached hydrogens (tertiary/aromatic N) is 2. The average Bonchev–Trinajstić information content (AvgIpc) is 2.77. The molecule has 30 heavy (non-hydrogen) atoms. The van der Waals surface area contributed by atoms with Crippen molar-refractivity contribution in [3.63, 3.8) is 0 Å². The number of sulfonamides is 1. The van der Waals surface area contributed by atoms with E-state index in [1.54, 1.807) is 49.5 Å². The van der Waals surface area contributed by atoms with Crippen molar-refractivity contribution in [3.05, 3.63) is 65.7 Å². The number of hydrogen-bond donors (Lipinski definition) is 0. The number of piperazine rings is 1. The van der Waals surface area contributed by atoms with Gasteiger partial charge in [0.25, 0.3) is 0 Å². The summed E-state index contributed by atoms with van der Waals surface area (Å²) in [7, 11) is -0.272. The second kappa shape index (κ2) is 9.77. The summed E-state index contributed by atoms with van der Waals surface area (Å²) in [6.07, 6.45) is 3.18. The molecule has 2 aromatic carbocycles. The lowest BCUT2D eigenvalue weighted by molar-refractivity contribution is -0.127. The third-order valence-electron chi connectivity index (χ3n) is 4.98. The number of hydrogen-bond acceptors (Lipinski definition) is 5. The van der Waals surface area contributed by atoms with Gasteiger partial charge >= 0.3 is 0 Å². The van der Waals surface area contributed by atoms with E-state index in [9.17, 15) is 13.2 Å². The van der Waals surface area contributed by atoms with Crippen LogP contribution in [0, 0.1) is 0 Å². The molecule has 1 saturated heterocycles. The molecule has 1 heterocycles. The summed E-state index contributed by atoms with van der Waals surface area (Å²) in [6.45, 7) is 1.30. The predicted molar refractivity (Wildman–Crippen MR) is 116 cm³/mol. The fraction of sp³-hybridized carbons (Fsp3) is 0.318. The Balaban J connectivity index is 1.58. The van der Waals surface area contributed by atoms with Gasteiger partial charge in [0.15, 0.2) is 0 Å². The van der Waals surface area contributed by atoms with Crippen LogP contribution < -0.4 is 9.47 Å². The molecule has 2 aromatic rings. The summed E-state index contributed by atoms with van der Waals surface area (Å²) in [6, 6.07) is 14.5. The minimum absolute atomic E-state index is 0.0288. The fourth-order valence-corrected chi connectivity index (χ4v) is 4.80. The maximum atomic E-state index is 12.6. The molecule has 0 bridgehead atoms. The fourth-order valence-electron chi connectivity index (χ4n) is 3.29. The molecule has 0 aliphatic carbocycles. The Hall–Kier alpha value is -2.84. The van der Waals surface area contributed by atoms with Crippen LogP contribution in [0.1, 0.15) is 11.1 Å². The molecule has 0 atom stereocenters. The van der Waals surface area contributed by atoms with Crippen LogP contribution in [0.25, 0.3) is 6.08 Å². The molecule has 8 heteroatoms. The second-order valence-corrected chi connectivity index (χ2v) is 8.88. The van der Waals surface area contributed by atoms with Gasteiger partial charge in [0.1, 0.15) is 11.5 Å². The van der Waals surface area contributed by atoms with Crippen LogP contribution in [-0.2, 0) is 20.6 Å². The summed E-state index contributed by atoms with van der Waals surface area (Å²) < 4.78 is 37.3. The van der Waals surface area contributed by atoms with Gasteiger partial charge in [-0.2, -0.15) is 4.31 Å². The normalized spacial score (nSPS) is 15.3. The van der Waals surface area contributed by atoms with Crippen LogP contribution in [-0.4, -0.2) is 63.9 Å². The van der Waals surface area contributed by atoms with Gasteiger partial charge in [0, 0.05) is 43.9 Å². The molecule has 1 amide bonds. The van der Waals surface area contributed by atoms with E-state index in [0.717, 1.165) is 11.1 Å². The van der Waals surface area contributed by atoms with Gasteiger partial charge < -0.3 is 14.4 Å². The number of carbonyl (C=O) groups is 1. The number of carbonyl (C=O) groups excluding carboxylic acids is 1. The average molecular weight is 431 g/mol. The zero-order valence-corrected chi connectivity index (χ0v) is 18.0. The highest BCUT2D eigenvalue weighted by molar-refractivity contribution is 7.88. The molecule has 0 saturated carbocycles. The monoisotopic (exact) mass is 430 g/mol. The van der Waals surface area contributed by atoms with Crippen molar-refractivity contribution in [2.45, 2.75) is 5.75 Å². The molecule has 1 aliphatic heterocycles. The van der Waals surface area contributed by atoms with Gasteiger partial charge in [-0.3, -0.25) is 4.79 Å². The Morgan fingerprint density at radius 3 is 2.33 bits per heavy atom. The van der Waals surface area contributed by atoms with E-state index in [-0.39, 0.29) is 11.7 Å². The van der Waals surface area contributed by atoms with Crippen molar-refractivity contribution < 1.29 is 22.7 Å². The summed E-state index contributed by atoms with van der Waals surface area (Å²) in [5, 5.41) is 0. The molecule has 7 nitrogen and oxygen atoms in total. The lowest BCUT2D eigenvalue weighted by atomic mass is 10.1. The summed E-state index contributed by atoms with van der Waals surface area (Å²) >= 11 is 0. The molecule has 0 aromatic heterocycles. The SMILES string of the molecule is COc1ccc(C=CC(=O)N2CCN(S(=O)(=O)Cc3ccccc3)CC2)c(OC)c1. The van der Waals surface area contributed by atoms with E-state index < -0.39 is 10.0 Å². The minimum atomic E-state index is -3.41. The molecule has 0 spiro atoms. The first-order valence-corrected chi connectivity index (χ1v) is 11.2. The Morgan fingerprint density at radius 1 is 1.00 bits per heavy atom. The third-order valence-corrected chi connectivity index (χ3v) is 6.83. The van der Waals surface area contributed by atoms with Crippen molar-refractivity contribution in [2.24, 2.45) is 0 Å². The Labute approximate surface area is 177 Å². The Bertz CT molecular complexity index is 997. The predicted octanol–water partition coefficient (Wildman–Crippen LogP) is 2.39. The molecule has 1 fully saturated rings. The number of ether oxygens (including phenoxy) is 2. The van der Waals surface area contributed by atoms with E-state index in [1.807, 2.05) is 24.3 Å². The highest BCUT2D eigenvalue weighted by Crippen LogP contribution is 2.25. The van der Waals surface area contributed by atoms with Crippen molar-refractivity contribution in [1.29, 1.82) is 0 Å². The molecule has 0 unspecified atom stereocenters. The third kappa shape index (κ3) is 5.40. The molecular weight excluding hydrogens is 404 g/mol. The quantitative estimate of drug-likeness (QED) is 0.631. The topological polar surface area (TPSA) is 76.2 Å². The van der Waals surface area contributed by atoms with E-state index in [2.05, 4.69) is 0 Å². The molecule has 0 N–H and O–H groups in total. The van der Waals surface area contributed by atoms with Crippen molar-refractivity contribution in [3.8, 4) is 11.5 Å². The number of amides is 1. The van der Waals surface area contributed by atoms with Crippen LogP contribution >= 0.6 is 0 Å². The first-order chi connectivity index (χ1) is 14.4. The highest BCUT2D eigenvalue weighted by Gasteiger charge is 2.28. The van der Waals surface area contributed by atoms with E-state index in [1.165, 1.54) is 10.4 Å². The first kappa shape index (κ1) is 21.9. The lowest BCUT2D eigenvalue weighted by Crippen LogP contribution is -2.50. The summed E-state index contributed by atoms with van der Waals surface area (Å²) in [5.74, 6) is 1.09. The van der Waals surface area contributed by atoms with Crippen LogP contribution in [0.2, 0.25) is 0 Å². The van der Waals surface area contributed by atoms with Crippen LogP contribution in [0.3, 0.4) is 0 Å². The van der Waals surface area contributed by atoms with Crippen molar-refractivity contribution >= 4 is 22.0 Å². The maximum absolute atomic E-state index is 12.6. The van der Waals surface area contributed by atoms with Gasteiger partial charge in [0.2, 0.25) is 15.9 Å². The first-order valence-electron chi connectivity index (χ1n) is 9.63. The number of rotatable bonds is 7. The van der Waals surface area contributed by atoms with E-state index in [4.69, 9.17) is 9.47 Å². The van der Waals surface area contributed by atoms with Crippen LogP contribution in [0.15, 0.2) is 54.6 Å². The summed E-state index contributed by atoms with van der Waals surface area (Å²) in [4.78, 5) is 14.2. The Kier molecular flexibility index (Phi) is 7.12. The van der Waals surface area contributed by atoms with Gasteiger partial charge in [-0.15, -0.1) is 0 Å². The lowest BCUT2D eigenvalue weighted by Gasteiger charge is -2.33. The zero-order chi connectivity index (χ0) is 21.6. The second-order valence-electron chi connectivity index (χ2n) is 6.91. The standard InChI is InChI=1S/C22H26N2O5S/c1-28-20-10-8-19(21(16-20)29-2)9-11-22(25)23-12-14-24(15-13-23)30(26,27)17-18-6-4-3-5-7-18/h3-11,16H,12-15,17H2,1-2H3. The highest BCUT2D eigenvalue weighted by atomic mass is 32.2. The Morgan fingerprint density at radius 2 is 1.70 bits per heavy atom. The zero-order valence-electron chi connectivity index (χ0n) is 17.2. The van der Waals surface area contributed by atoms with Crippen LogP contribution in [0.4, 0.5) is 0 Å². The maximum Gasteiger partial charge on any atom is 0.246 e. The van der Waals surface area contributed by atoms with E-state index in [0.29, 0.717) is 37.7 Å². The molecular formula is C22H26N2O5S. The number of methoxy groups -OCH3 is 2. The van der Waals surface area contributed by atoms with Gasteiger partial charge in [-0.1, -0.05) is 30.3 Å².